The molecule has 0 saturated heterocycles. The Morgan fingerprint density at radius 1 is 1.20 bits per heavy atom. The first-order chi connectivity index (χ1) is 11.6. The molecule has 2 N–H and O–H groups in total. The van der Waals surface area contributed by atoms with Crippen molar-refractivity contribution in [1.29, 1.82) is 0 Å². The summed E-state index contributed by atoms with van der Waals surface area (Å²) in [4.78, 5) is 14.3. The molecule has 6 nitrogen and oxygen atoms in total. The minimum atomic E-state index is -3.58. The standard InChI is InChI=1S/C18H31N3O3S/c1-6-21(7-2)25(23,24)16-10-8-9-15(13-16)18(22)20(5)12-11-17(19)14(3)4/h8-10,13-14,17H,6-7,11-12,19H2,1-5H3. The lowest BCUT2D eigenvalue weighted by Crippen LogP contribution is -2.35. The van der Waals surface area contributed by atoms with Crippen LogP contribution in [0, 0.1) is 5.92 Å². The van der Waals surface area contributed by atoms with E-state index in [1.807, 2.05) is 13.8 Å². The fourth-order valence-electron chi connectivity index (χ4n) is 2.50. The van der Waals surface area contributed by atoms with Gasteiger partial charge in [-0.2, -0.15) is 4.31 Å². The van der Waals surface area contributed by atoms with Crippen molar-refractivity contribution in [2.45, 2.75) is 45.1 Å². The quantitative estimate of drug-likeness (QED) is 0.723. The van der Waals surface area contributed by atoms with E-state index in [1.54, 1.807) is 37.9 Å². The second kappa shape index (κ2) is 9.31. The molecule has 1 atom stereocenters. The summed E-state index contributed by atoms with van der Waals surface area (Å²) in [5.41, 5.74) is 6.40. The van der Waals surface area contributed by atoms with Gasteiger partial charge in [0, 0.05) is 38.3 Å². The van der Waals surface area contributed by atoms with Gasteiger partial charge in [-0.3, -0.25) is 4.79 Å². The Hall–Kier alpha value is -1.44. The van der Waals surface area contributed by atoms with Crippen molar-refractivity contribution in [2.75, 3.05) is 26.7 Å². The second-order valence-corrected chi connectivity index (χ2v) is 8.48. The molecule has 0 saturated carbocycles. The fourth-order valence-corrected chi connectivity index (χ4v) is 4.00. The van der Waals surface area contributed by atoms with E-state index in [-0.39, 0.29) is 16.8 Å². The molecule has 0 aliphatic heterocycles. The average Bonchev–Trinajstić information content (AvgIpc) is 2.59. The van der Waals surface area contributed by atoms with Gasteiger partial charge in [-0.15, -0.1) is 0 Å². The number of sulfonamides is 1. The Balaban J connectivity index is 2.95. The van der Waals surface area contributed by atoms with Crippen LogP contribution < -0.4 is 5.73 Å². The maximum Gasteiger partial charge on any atom is 0.253 e. The van der Waals surface area contributed by atoms with Crippen molar-refractivity contribution in [3.8, 4) is 0 Å². The van der Waals surface area contributed by atoms with Gasteiger partial charge < -0.3 is 10.6 Å². The first-order valence-corrected chi connectivity index (χ1v) is 10.2. The molecule has 7 heteroatoms. The number of carbonyl (C=O) groups excluding carboxylic acids is 1. The summed E-state index contributed by atoms with van der Waals surface area (Å²) in [6.07, 6.45) is 0.706. The molecule has 25 heavy (non-hydrogen) atoms. The number of hydrogen-bond donors (Lipinski definition) is 1. The van der Waals surface area contributed by atoms with Gasteiger partial charge in [0.25, 0.3) is 5.91 Å². The van der Waals surface area contributed by atoms with Gasteiger partial charge in [-0.25, -0.2) is 8.42 Å². The lowest BCUT2D eigenvalue weighted by Gasteiger charge is -2.22. The molecule has 0 radical (unpaired) electrons. The van der Waals surface area contributed by atoms with Gasteiger partial charge in [-0.1, -0.05) is 33.8 Å². The Labute approximate surface area is 152 Å². The van der Waals surface area contributed by atoms with Crippen molar-refractivity contribution in [3.05, 3.63) is 29.8 Å². The number of hydrogen-bond acceptors (Lipinski definition) is 4. The number of rotatable bonds is 9. The molecular weight excluding hydrogens is 338 g/mol. The van der Waals surface area contributed by atoms with Gasteiger partial charge in [0.1, 0.15) is 0 Å². The van der Waals surface area contributed by atoms with Crippen LogP contribution in [0.1, 0.15) is 44.5 Å². The maximum atomic E-state index is 12.6. The van der Waals surface area contributed by atoms with Gasteiger partial charge in [0.2, 0.25) is 10.0 Å². The molecule has 0 heterocycles. The number of nitrogens with zero attached hydrogens (tertiary/aromatic N) is 2. The van der Waals surface area contributed by atoms with Gasteiger partial charge in [0.05, 0.1) is 4.90 Å². The predicted molar refractivity (Wildman–Crippen MR) is 101 cm³/mol. The van der Waals surface area contributed by atoms with Crippen molar-refractivity contribution in [1.82, 2.24) is 9.21 Å². The Morgan fingerprint density at radius 2 is 1.80 bits per heavy atom. The largest absolute Gasteiger partial charge is 0.342 e. The van der Waals surface area contributed by atoms with E-state index < -0.39 is 10.0 Å². The summed E-state index contributed by atoms with van der Waals surface area (Å²) >= 11 is 0. The van der Waals surface area contributed by atoms with E-state index in [9.17, 15) is 13.2 Å². The molecule has 0 aliphatic rings. The zero-order chi connectivity index (χ0) is 19.2. The SMILES string of the molecule is CCN(CC)S(=O)(=O)c1cccc(C(=O)N(C)CCC(N)C(C)C)c1. The summed E-state index contributed by atoms with van der Waals surface area (Å²) in [6, 6.07) is 6.26. The number of nitrogens with two attached hydrogens (primary N) is 1. The molecular formula is C18H31N3O3S. The Morgan fingerprint density at radius 3 is 2.32 bits per heavy atom. The molecule has 1 aromatic carbocycles. The molecule has 0 aromatic heterocycles. The van der Waals surface area contributed by atoms with Gasteiger partial charge in [-0.05, 0) is 30.5 Å². The van der Waals surface area contributed by atoms with E-state index in [1.165, 1.54) is 16.4 Å². The van der Waals surface area contributed by atoms with Crippen LogP contribution >= 0.6 is 0 Å². The smallest absolute Gasteiger partial charge is 0.253 e. The van der Waals surface area contributed by atoms with Crippen molar-refractivity contribution in [3.63, 3.8) is 0 Å². The molecule has 142 valence electrons. The topological polar surface area (TPSA) is 83.7 Å². The monoisotopic (exact) mass is 369 g/mol. The predicted octanol–water partition coefficient (Wildman–Crippen LogP) is 2.16. The molecule has 0 spiro atoms. The summed E-state index contributed by atoms with van der Waals surface area (Å²) in [6.45, 7) is 9.00. The summed E-state index contributed by atoms with van der Waals surface area (Å²) in [5.74, 6) is 0.151. The summed E-state index contributed by atoms with van der Waals surface area (Å²) in [7, 11) is -1.87. The van der Waals surface area contributed by atoms with Crippen LogP contribution in [0.15, 0.2) is 29.2 Å². The highest BCUT2D eigenvalue weighted by Crippen LogP contribution is 2.18. The molecule has 1 amide bonds. The third-order valence-corrected chi connectivity index (χ3v) is 6.47. The number of benzene rings is 1. The van der Waals surface area contributed by atoms with Gasteiger partial charge >= 0.3 is 0 Å². The molecule has 1 aromatic rings. The summed E-state index contributed by atoms with van der Waals surface area (Å²) < 4.78 is 26.6. The number of amides is 1. The fraction of sp³-hybridized carbons (Fsp3) is 0.611. The first kappa shape index (κ1) is 21.6. The minimum absolute atomic E-state index is 0.0321. The zero-order valence-electron chi connectivity index (χ0n) is 15.9. The third-order valence-electron chi connectivity index (χ3n) is 4.43. The average molecular weight is 370 g/mol. The van der Waals surface area contributed by atoms with Crippen LogP contribution in [0.3, 0.4) is 0 Å². The zero-order valence-corrected chi connectivity index (χ0v) is 16.7. The highest BCUT2D eigenvalue weighted by molar-refractivity contribution is 7.89. The Kier molecular flexibility index (Phi) is 8.05. The highest BCUT2D eigenvalue weighted by atomic mass is 32.2. The van der Waals surface area contributed by atoms with E-state index in [0.717, 1.165) is 0 Å². The second-order valence-electron chi connectivity index (χ2n) is 6.54. The van der Waals surface area contributed by atoms with Gasteiger partial charge in [0.15, 0.2) is 0 Å². The van der Waals surface area contributed by atoms with Crippen molar-refractivity contribution in [2.24, 2.45) is 11.7 Å². The normalized spacial score (nSPS) is 13.3. The van der Waals surface area contributed by atoms with Crippen molar-refractivity contribution < 1.29 is 13.2 Å². The minimum Gasteiger partial charge on any atom is -0.342 e. The van der Waals surface area contributed by atoms with Crippen LogP contribution in [0.25, 0.3) is 0 Å². The molecule has 1 unspecified atom stereocenters. The first-order valence-electron chi connectivity index (χ1n) is 8.76. The molecule has 0 bridgehead atoms. The third kappa shape index (κ3) is 5.52. The molecule has 0 aliphatic carbocycles. The lowest BCUT2D eigenvalue weighted by molar-refractivity contribution is 0.0789. The van der Waals surface area contributed by atoms with E-state index in [4.69, 9.17) is 5.73 Å². The van der Waals surface area contributed by atoms with Crippen LogP contribution in [-0.4, -0.2) is 56.3 Å². The molecule has 1 rings (SSSR count). The van der Waals surface area contributed by atoms with E-state index in [2.05, 4.69) is 0 Å². The maximum absolute atomic E-state index is 12.6. The Bertz CT molecular complexity index is 670. The molecule has 0 fully saturated rings. The number of carbonyl (C=O) groups is 1. The van der Waals surface area contributed by atoms with Crippen molar-refractivity contribution >= 4 is 15.9 Å². The van der Waals surface area contributed by atoms with E-state index >= 15 is 0 Å². The van der Waals surface area contributed by atoms with Crippen LogP contribution in [0.5, 0.6) is 0 Å². The lowest BCUT2D eigenvalue weighted by atomic mass is 10.0. The highest BCUT2D eigenvalue weighted by Gasteiger charge is 2.23. The van der Waals surface area contributed by atoms with Crippen LogP contribution in [0.4, 0.5) is 0 Å². The van der Waals surface area contributed by atoms with E-state index in [0.29, 0.717) is 37.5 Å². The summed E-state index contributed by atoms with van der Waals surface area (Å²) in [5, 5.41) is 0. The van der Waals surface area contributed by atoms with Crippen LogP contribution in [0.2, 0.25) is 0 Å². The van der Waals surface area contributed by atoms with Crippen LogP contribution in [-0.2, 0) is 10.0 Å².